The Hall–Kier alpha value is -3.23. The number of ether oxygens (including phenoxy) is 1. The molecule has 2 aliphatic rings. The van der Waals surface area contributed by atoms with Crippen LogP contribution in [0.2, 0.25) is 4.34 Å². The van der Waals surface area contributed by atoms with Gasteiger partial charge in [-0.15, -0.1) is 11.3 Å². The van der Waals surface area contributed by atoms with E-state index in [0.29, 0.717) is 38.9 Å². The van der Waals surface area contributed by atoms with Crippen LogP contribution in [0.15, 0.2) is 60.7 Å². The number of hydrogen-bond donors (Lipinski definition) is 1. The summed E-state index contributed by atoms with van der Waals surface area (Å²) in [5.74, 6) is -4.04. The van der Waals surface area contributed by atoms with E-state index in [-0.39, 0.29) is 17.6 Å². The summed E-state index contributed by atoms with van der Waals surface area (Å²) in [5.41, 5.74) is -0.719. The van der Waals surface area contributed by atoms with Gasteiger partial charge in [-0.3, -0.25) is 9.59 Å². The normalized spacial score (nSPS) is 25.2. The Bertz CT molecular complexity index is 1390. The van der Waals surface area contributed by atoms with Crippen molar-refractivity contribution in [3.63, 3.8) is 0 Å². The number of carboxylic acid groups (broad SMARTS) is 1. The zero-order valence-corrected chi connectivity index (χ0v) is 22.5. The van der Waals surface area contributed by atoms with E-state index in [9.17, 15) is 23.9 Å². The average Bonchev–Trinajstić information content (AvgIpc) is 3.42. The van der Waals surface area contributed by atoms with Crippen LogP contribution in [0.5, 0.6) is 5.75 Å². The molecule has 1 N–H and O–H groups in total. The highest BCUT2D eigenvalue weighted by Gasteiger charge is 2.65. The summed E-state index contributed by atoms with van der Waals surface area (Å²) in [7, 11) is 1.51. The van der Waals surface area contributed by atoms with Crippen molar-refractivity contribution in [2.24, 2.45) is 11.8 Å². The minimum Gasteiger partial charge on any atom is -0.497 e. The summed E-state index contributed by atoms with van der Waals surface area (Å²) in [5, 5.41) is 10.8. The van der Waals surface area contributed by atoms with Crippen molar-refractivity contribution in [2.45, 2.75) is 43.7 Å². The van der Waals surface area contributed by atoms with Gasteiger partial charge >= 0.3 is 5.97 Å². The summed E-state index contributed by atoms with van der Waals surface area (Å²) >= 11 is 7.29. The van der Waals surface area contributed by atoms with Crippen LogP contribution in [0.25, 0.3) is 0 Å². The predicted molar refractivity (Wildman–Crippen MR) is 142 cm³/mol. The van der Waals surface area contributed by atoms with Crippen LogP contribution in [0.3, 0.4) is 0 Å². The summed E-state index contributed by atoms with van der Waals surface area (Å²) in [6.45, 7) is 1.52. The lowest BCUT2D eigenvalue weighted by molar-refractivity contribution is -0.161. The Kier molecular flexibility index (Phi) is 7.05. The van der Waals surface area contributed by atoms with Crippen molar-refractivity contribution in [1.29, 1.82) is 0 Å². The maximum atomic E-state index is 14.3. The van der Waals surface area contributed by atoms with E-state index in [4.69, 9.17) is 16.3 Å². The molecule has 4 unspecified atom stereocenters. The second kappa shape index (κ2) is 10.2. The number of Topliss-reactive ketones (excluding diaryl/α,β-unsaturated/α-hetero) is 1. The molecule has 5 rings (SSSR count). The highest BCUT2D eigenvalue weighted by molar-refractivity contribution is 7.18. The number of likely N-dealkylation sites (tertiary alicyclic amines) is 1. The van der Waals surface area contributed by atoms with Gasteiger partial charge in [0.05, 0.1) is 28.3 Å². The molecule has 1 aliphatic carbocycles. The molecule has 1 saturated carbocycles. The molecule has 1 aromatic heterocycles. The van der Waals surface area contributed by atoms with E-state index in [1.807, 2.05) is 0 Å². The fourth-order valence-electron chi connectivity index (χ4n) is 5.87. The van der Waals surface area contributed by atoms with Crippen molar-refractivity contribution >= 4 is 40.6 Å². The molecule has 0 spiro atoms. The number of nitrogens with zero attached hydrogens (tertiary/aromatic N) is 1. The van der Waals surface area contributed by atoms with E-state index in [1.165, 1.54) is 43.2 Å². The molecule has 0 bridgehead atoms. The van der Waals surface area contributed by atoms with Gasteiger partial charge in [-0.2, -0.15) is 0 Å². The first-order valence-corrected chi connectivity index (χ1v) is 13.6. The number of methoxy groups -OCH3 is 1. The van der Waals surface area contributed by atoms with Gasteiger partial charge in [0.2, 0.25) is 5.91 Å². The van der Waals surface area contributed by atoms with Crippen LogP contribution in [-0.2, 0) is 9.59 Å². The first kappa shape index (κ1) is 26.4. The summed E-state index contributed by atoms with van der Waals surface area (Å²) in [4.78, 5) is 43.3. The highest BCUT2D eigenvalue weighted by atomic mass is 35.5. The summed E-state index contributed by atoms with van der Waals surface area (Å²) in [6, 6.07) is 14.8. The molecule has 9 heteroatoms. The molecule has 4 atom stereocenters. The van der Waals surface area contributed by atoms with Crippen LogP contribution in [-0.4, -0.2) is 40.3 Å². The van der Waals surface area contributed by atoms with Gasteiger partial charge < -0.3 is 14.7 Å². The van der Waals surface area contributed by atoms with Crippen molar-refractivity contribution in [1.82, 2.24) is 4.90 Å². The van der Waals surface area contributed by atoms with Crippen molar-refractivity contribution in [2.75, 3.05) is 7.11 Å². The SMILES string of the molecule is COc1cccc(C2C(C(=O)c3ccc(Cl)s3)C(c3ccc(F)cc3)N(C(=O)C3CCC3)C2(C)C(=O)O)c1. The number of amides is 1. The number of carboxylic acids is 1. The molecule has 6 nitrogen and oxygen atoms in total. The van der Waals surface area contributed by atoms with Crippen LogP contribution in [0, 0.1) is 17.7 Å². The van der Waals surface area contributed by atoms with Crippen LogP contribution in [0.4, 0.5) is 4.39 Å². The fourth-order valence-corrected chi connectivity index (χ4v) is 6.91. The molecule has 38 heavy (non-hydrogen) atoms. The monoisotopic (exact) mass is 555 g/mol. The Labute approximate surface area is 229 Å². The van der Waals surface area contributed by atoms with Gasteiger partial charge in [0.1, 0.15) is 17.1 Å². The lowest BCUT2D eigenvalue weighted by atomic mass is 9.72. The molecule has 0 radical (unpaired) electrons. The number of carbonyl (C=O) groups excluding carboxylic acids is 2. The quantitative estimate of drug-likeness (QED) is 0.343. The Balaban J connectivity index is 1.79. The van der Waals surface area contributed by atoms with Gasteiger partial charge in [0.25, 0.3) is 0 Å². The third-order valence-corrected chi connectivity index (χ3v) is 9.24. The van der Waals surface area contributed by atoms with E-state index in [2.05, 4.69) is 0 Å². The molecule has 198 valence electrons. The van der Waals surface area contributed by atoms with E-state index in [1.54, 1.807) is 36.4 Å². The predicted octanol–water partition coefficient (Wildman–Crippen LogP) is 6.36. The molecular weight excluding hydrogens is 529 g/mol. The number of benzene rings is 2. The molecule has 1 saturated heterocycles. The Morgan fingerprint density at radius 3 is 2.34 bits per heavy atom. The Morgan fingerprint density at radius 2 is 1.79 bits per heavy atom. The molecular formula is C29H27ClFNO5S. The minimum absolute atomic E-state index is 0.303. The highest BCUT2D eigenvalue weighted by Crippen LogP contribution is 2.58. The standard InChI is InChI=1S/C29H27ClFNO5S/c1-29(28(35)36)24(18-7-4-8-20(15-18)37-2)23(26(33)21-13-14-22(30)38-21)25(16-9-11-19(31)12-10-16)32(29)27(34)17-5-3-6-17/h4,7-15,17,23-25H,3,5-6H2,1-2H3,(H,35,36). The van der Waals surface area contributed by atoms with Crippen molar-refractivity contribution < 1.29 is 28.6 Å². The third kappa shape index (κ3) is 4.29. The number of thiophene rings is 1. The van der Waals surface area contributed by atoms with E-state index in [0.717, 1.165) is 17.8 Å². The number of halogens is 2. The number of rotatable bonds is 7. The molecule has 3 aromatic rings. The van der Waals surface area contributed by atoms with Crippen molar-refractivity contribution in [3.05, 3.63) is 86.8 Å². The maximum Gasteiger partial charge on any atom is 0.330 e. The van der Waals surface area contributed by atoms with Gasteiger partial charge in [-0.1, -0.05) is 42.3 Å². The van der Waals surface area contributed by atoms with Gasteiger partial charge in [0.15, 0.2) is 5.78 Å². The number of hydrogen-bond acceptors (Lipinski definition) is 5. The number of carbonyl (C=O) groups is 3. The lowest BCUT2D eigenvalue weighted by Crippen LogP contribution is -2.56. The second-order valence-electron chi connectivity index (χ2n) is 10.0. The van der Waals surface area contributed by atoms with Gasteiger partial charge in [-0.25, -0.2) is 9.18 Å². The van der Waals surface area contributed by atoms with Crippen LogP contribution < -0.4 is 4.74 Å². The van der Waals surface area contributed by atoms with E-state index < -0.39 is 35.2 Å². The van der Waals surface area contributed by atoms with E-state index >= 15 is 0 Å². The van der Waals surface area contributed by atoms with Gasteiger partial charge in [0, 0.05) is 11.8 Å². The van der Waals surface area contributed by atoms with Crippen LogP contribution >= 0.6 is 22.9 Å². The summed E-state index contributed by atoms with van der Waals surface area (Å²) < 4.78 is 19.8. The molecule has 2 heterocycles. The first-order chi connectivity index (χ1) is 18.2. The Morgan fingerprint density at radius 1 is 1.08 bits per heavy atom. The molecule has 1 aliphatic heterocycles. The zero-order chi connectivity index (χ0) is 27.2. The first-order valence-electron chi connectivity index (χ1n) is 12.4. The fraction of sp³-hybridized carbons (Fsp3) is 0.345. The largest absolute Gasteiger partial charge is 0.497 e. The zero-order valence-electron chi connectivity index (χ0n) is 20.9. The number of aliphatic carboxylic acids is 1. The minimum atomic E-state index is -1.78. The van der Waals surface area contributed by atoms with Gasteiger partial charge in [-0.05, 0) is 67.3 Å². The second-order valence-corrected chi connectivity index (χ2v) is 11.7. The summed E-state index contributed by atoms with van der Waals surface area (Å²) in [6.07, 6.45) is 2.19. The lowest BCUT2D eigenvalue weighted by Gasteiger charge is -2.41. The number of ketones is 1. The molecule has 2 fully saturated rings. The molecule has 1 amide bonds. The smallest absolute Gasteiger partial charge is 0.330 e. The molecule has 2 aromatic carbocycles. The maximum absolute atomic E-state index is 14.3. The van der Waals surface area contributed by atoms with Crippen molar-refractivity contribution in [3.8, 4) is 5.75 Å². The topological polar surface area (TPSA) is 83.9 Å². The average molecular weight is 556 g/mol. The third-order valence-electron chi connectivity index (χ3n) is 7.99. The van der Waals surface area contributed by atoms with Crippen LogP contribution in [0.1, 0.15) is 58.9 Å².